The smallest absolute Gasteiger partial charge is 0.220 e. The lowest BCUT2D eigenvalue weighted by atomic mass is 10.1. The fourth-order valence-corrected chi connectivity index (χ4v) is 2.98. The molecule has 0 saturated carbocycles. The van der Waals surface area contributed by atoms with Crippen LogP contribution >= 0.6 is 0 Å². The number of ketones is 1. The van der Waals surface area contributed by atoms with Crippen LogP contribution in [0, 0.1) is 12.8 Å². The zero-order valence-electron chi connectivity index (χ0n) is 15.0. The summed E-state index contributed by atoms with van der Waals surface area (Å²) >= 11 is 0. The zero-order valence-corrected chi connectivity index (χ0v) is 15.0. The predicted molar refractivity (Wildman–Crippen MR) is 94.5 cm³/mol. The topological polar surface area (TPSA) is 62.3 Å². The van der Waals surface area contributed by atoms with E-state index in [0.717, 1.165) is 37.2 Å². The standard InChI is InChI=1S/C19H29N3O2/c1-14(2)9-10-19(24)21-17-8-5-11-22(13-18(17)23)12-16-7-4-6-15(3)20-16/h4,6-7,14,17H,5,8-13H2,1-3H3,(H,21,24)/t17-/m0/s1. The number of hydrogen-bond acceptors (Lipinski definition) is 4. The van der Waals surface area contributed by atoms with Gasteiger partial charge >= 0.3 is 0 Å². The van der Waals surface area contributed by atoms with Crippen LogP contribution in [0.15, 0.2) is 18.2 Å². The number of nitrogens with zero attached hydrogens (tertiary/aromatic N) is 2. The monoisotopic (exact) mass is 331 g/mol. The molecule has 0 aromatic carbocycles. The van der Waals surface area contributed by atoms with Gasteiger partial charge < -0.3 is 5.32 Å². The Morgan fingerprint density at radius 2 is 2.21 bits per heavy atom. The maximum atomic E-state index is 12.5. The van der Waals surface area contributed by atoms with Crippen molar-refractivity contribution in [3.05, 3.63) is 29.6 Å². The van der Waals surface area contributed by atoms with Gasteiger partial charge in [0.15, 0.2) is 5.78 Å². The van der Waals surface area contributed by atoms with E-state index in [2.05, 4.69) is 29.0 Å². The Hall–Kier alpha value is -1.75. The average molecular weight is 331 g/mol. The van der Waals surface area contributed by atoms with Crippen LogP contribution in [0.1, 0.15) is 50.9 Å². The van der Waals surface area contributed by atoms with Gasteiger partial charge in [-0.2, -0.15) is 0 Å². The highest BCUT2D eigenvalue weighted by atomic mass is 16.2. The molecule has 1 aliphatic heterocycles. The van der Waals surface area contributed by atoms with Crippen LogP contribution in [0.3, 0.4) is 0 Å². The molecule has 5 nitrogen and oxygen atoms in total. The Morgan fingerprint density at radius 1 is 1.42 bits per heavy atom. The van der Waals surface area contributed by atoms with E-state index in [-0.39, 0.29) is 17.7 Å². The number of Topliss-reactive ketones (excluding diaryl/α,β-unsaturated/α-hetero) is 1. The number of hydrogen-bond donors (Lipinski definition) is 1. The number of aromatic nitrogens is 1. The number of pyridine rings is 1. The molecule has 0 unspecified atom stereocenters. The predicted octanol–water partition coefficient (Wildman–Crippen LogP) is 2.48. The average Bonchev–Trinajstić information content (AvgIpc) is 2.67. The van der Waals surface area contributed by atoms with Gasteiger partial charge in [-0.3, -0.25) is 19.5 Å². The van der Waals surface area contributed by atoms with Crippen LogP contribution in [-0.4, -0.2) is 40.7 Å². The summed E-state index contributed by atoms with van der Waals surface area (Å²) in [5.74, 6) is 0.604. The zero-order chi connectivity index (χ0) is 17.5. The fraction of sp³-hybridized carbons (Fsp3) is 0.632. The lowest BCUT2D eigenvalue weighted by molar-refractivity contribution is -0.128. The second kappa shape index (κ2) is 8.92. The molecule has 0 bridgehead atoms. The van der Waals surface area contributed by atoms with E-state index in [4.69, 9.17) is 0 Å². The summed E-state index contributed by atoms with van der Waals surface area (Å²) in [5, 5.41) is 2.93. The molecule has 0 aliphatic carbocycles. The van der Waals surface area contributed by atoms with Crippen molar-refractivity contribution in [3.63, 3.8) is 0 Å². The van der Waals surface area contributed by atoms with Crippen LogP contribution < -0.4 is 5.32 Å². The molecule has 1 aliphatic rings. The quantitative estimate of drug-likeness (QED) is 0.870. The van der Waals surface area contributed by atoms with Crippen molar-refractivity contribution in [2.24, 2.45) is 5.92 Å². The molecule has 24 heavy (non-hydrogen) atoms. The summed E-state index contributed by atoms with van der Waals surface area (Å²) in [6.45, 7) is 8.09. The maximum Gasteiger partial charge on any atom is 0.220 e. The third-order valence-electron chi connectivity index (χ3n) is 4.35. The highest BCUT2D eigenvalue weighted by molar-refractivity contribution is 5.90. The minimum absolute atomic E-state index is 0.00384. The molecule has 1 saturated heterocycles. The SMILES string of the molecule is Cc1cccc(CN2CCC[C@H](NC(=O)CCC(C)C)C(=O)C2)n1. The molecule has 2 heterocycles. The van der Waals surface area contributed by atoms with E-state index >= 15 is 0 Å². The molecular formula is C19H29N3O2. The summed E-state index contributed by atoms with van der Waals surface area (Å²) in [7, 11) is 0. The van der Waals surface area contributed by atoms with Crippen molar-refractivity contribution in [1.82, 2.24) is 15.2 Å². The van der Waals surface area contributed by atoms with Crippen molar-refractivity contribution in [1.29, 1.82) is 0 Å². The summed E-state index contributed by atoms with van der Waals surface area (Å²) in [4.78, 5) is 31.1. The van der Waals surface area contributed by atoms with E-state index in [1.807, 2.05) is 25.1 Å². The second-order valence-electron chi connectivity index (χ2n) is 7.14. The van der Waals surface area contributed by atoms with E-state index in [0.29, 0.717) is 25.4 Å². The van der Waals surface area contributed by atoms with Crippen molar-refractivity contribution in [2.75, 3.05) is 13.1 Å². The van der Waals surface area contributed by atoms with Gasteiger partial charge in [-0.25, -0.2) is 0 Å². The normalized spacial score (nSPS) is 19.3. The summed E-state index contributed by atoms with van der Waals surface area (Å²) in [6.07, 6.45) is 2.99. The van der Waals surface area contributed by atoms with Crippen molar-refractivity contribution < 1.29 is 9.59 Å². The Balaban J connectivity index is 1.87. The Labute approximate surface area is 144 Å². The first kappa shape index (κ1) is 18.6. The Kier molecular flexibility index (Phi) is 6.91. The number of carbonyl (C=O) groups excluding carboxylic acids is 2. The number of likely N-dealkylation sites (tertiary alicyclic amines) is 1. The van der Waals surface area contributed by atoms with Crippen LogP contribution in [0.5, 0.6) is 0 Å². The minimum Gasteiger partial charge on any atom is -0.346 e. The van der Waals surface area contributed by atoms with Gasteiger partial charge in [0, 0.05) is 18.7 Å². The number of aryl methyl sites for hydroxylation is 1. The Bertz CT molecular complexity index is 571. The first-order valence-corrected chi connectivity index (χ1v) is 8.91. The lowest BCUT2D eigenvalue weighted by Crippen LogP contribution is -2.43. The van der Waals surface area contributed by atoms with Crippen molar-refractivity contribution in [3.8, 4) is 0 Å². The highest BCUT2D eigenvalue weighted by Gasteiger charge is 2.26. The molecule has 2 rings (SSSR count). The van der Waals surface area contributed by atoms with Crippen molar-refractivity contribution >= 4 is 11.7 Å². The van der Waals surface area contributed by atoms with E-state index in [1.54, 1.807) is 0 Å². The molecule has 132 valence electrons. The minimum atomic E-state index is -0.333. The first-order valence-electron chi connectivity index (χ1n) is 8.91. The summed E-state index contributed by atoms with van der Waals surface area (Å²) in [5.41, 5.74) is 1.98. The van der Waals surface area contributed by atoms with Crippen LogP contribution in [0.25, 0.3) is 0 Å². The molecular weight excluding hydrogens is 302 g/mol. The van der Waals surface area contributed by atoms with E-state index in [9.17, 15) is 9.59 Å². The van der Waals surface area contributed by atoms with Gasteiger partial charge in [0.2, 0.25) is 5.91 Å². The molecule has 1 fully saturated rings. The van der Waals surface area contributed by atoms with E-state index in [1.165, 1.54) is 0 Å². The number of carbonyl (C=O) groups is 2. The third-order valence-corrected chi connectivity index (χ3v) is 4.35. The summed E-state index contributed by atoms with van der Waals surface area (Å²) in [6, 6.07) is 5.63. The Morgan fingerprint density at radius 3 is 2.92 bits per heavy atom. The molecule has 5 heteroatoms. The second-order valence-corrected chi connectivity index (χ2v) is 7.14. The van der Waals surface area contributed by atoms with Gasteiger partial charge in [0.05, 0.1) is 18.3 Å². The molecule has 1 aromatic heterocycles. The first-order chi connectivity index (χ1) is 11.4. The number of rotatable bonds is 6. The van der Waals surface area contributed by atoms with E-state index < -0.39 is 0 Å². The fourth-order valence-electron chi connectivity index (χ4n) is 2.98. The molecule has 0 radical (unpaired) electrons. The van der Waals surface area contributed by atoms with Gasteiger partial charge in [-0.1, -0.05) is 19.9 Å². The molecule has 0 spiro atoms. The van der Waals surface area contributed by atoms with Crippen LogP contribution in [0.4, 0.5) is 0 Å². The van der Waals surface area contributed by atoms with Crippen LogP contribution in [0.2, 0.25) is 0 Å². The molecule has 1 aromatic rings. The van der Waals surface area contributed by atoms with Crippen molar-refractivity contribution in [2.45, 2.75) is 59.0 Å². The molecule has 1 atom stereocenters. The van der Waals surface area contributed by atoms with Crippen LogP contribution in [-0.2, 0) is 16.1 Å². The van der Waals surface area contributed by atoms with Gasteiger partial charge in [0.25, 0.3) is 0 Å². The van der Waals surface area contributed by atoms with Gasteiger partial charge in [-0.15, -0.1) is 0 Å². The summed E-state index contributed by atoms with van der Waals surface area (Å²) < 4.78 is 0. The number of amides is 1. The van der Waals surface area contributed by atoms with Gasteiger partial charge in [0.1, 0.15) is 0 Å². The lowest BCUT2D eigenvalue weighted by Gasteiger charge is -2.19. The molecule has 1 N–H and O–H groups in total. The largest absolute Gasteiger partial charge is 0.346 e. The number of nitrogens with one attached hydrogen (secondary N) is 1. The molecule has 1 amide bonds. The highest BCUT2D eigenvalue weighted by Crippen LogP contribution is 2.12. The third kappa shape index (κ3) is 6.04. The maximum absolute atomic E-state index is 12.5. The van der Waals surface area contributed by atoms with Gasteiger partial charge in [-0.05, 0) is 50.8 Å².